The lowest BCUT2D eigenvalue weighted by Gasteiger charge is -2.34. The molecule has 0 bridgehead atoms. The molecule has 1 aromatic heterocycles. The monoisotopic (exact) mass is 407 g/mol. The van der Waals surface area contributed by atoms with Gasteiger partial charge < -0.3 is 10.6 Å². The van der Waals surface area contributed by atoms with Crippen LogP contribution in [0.5, 0.6) is 0 Å². The molecule has 0 aliphatic rings. The highest BCUT2D eigenvalue weighted by atomic mass is 19.4. The van der Waals surface area contributed by atoms with Crippen LogP contribution < -0.4 is 10.6 Å². The third-order valence-corrected chi connectivity index (χ3v) is 5.22. The van der Waals surface area contributed by atoms with Gasteiger partial charge in [0, 0.05) is 17.4 Å². The number of nitrogens with zero attached hydrogens (tertiary/aromatic N) is 1. The van der Waals surface area contributed by atoms with Crippen molar-refractivity contribution in [3.05, 3.63) is 53.2 Å². The summed E-state index contributed by atoms with van der Waals surface area (Å²) in [5, 5.41) is 6.69. The van der Waals surface area contributed by atoms with Gasteiger partial charge in [-0.05, 0) is 67.1 Å². The lowest BCUT2D eigenvalue weighted by molar-refractivity contribution is -0.137. The third-order valence-electron chi connectivity index (χ3n) is 5.22. The average molecular weight is 408 g/mol. The number of nitrogens with one attached hydrogen (secondary N) is 2. The summed E-state index contributed by atoms with van der Waals surface area (Å²) >= 11 is 0. The van der Waals surface area contributed by atoms with Crippen molar-refractivity contribution in [1.82, 2.24) is 10.3 Å². The number of aromatic nitrogens is 1. The summed E-state index contributed by atoms with van der Waals surface area (Å²) in [6.45, 7) is 13.8. The first-order chi connectivity index (χ1) is 13.5. The summed E-state index contributed by atoms with van der Waals surface area (Å²) in [5.74, 6) is 1.32. The zero-order valence-corrected chi connectivity index (χ0v) is 18.1. The van der Waals surface area contributed by atoms with Crippen LogP contribution in [0.4, 0.5) is 24.7 Å². The highest BCUT2D eigenvalue weighted by molar-refractivity contribution is 5.59. The minimum Gasteiger partial charge on any atom is -0.340 e. The van der Waals surface area contributed by atoms with Crippen LogP contribution in [0.2, 0.25) is 0 Å². The molecule has 2 aromatic rings. The quantitative estimate of drug-likeness (QED) is 0.503. The van der Waals surface area contributed by atoms with E-state index in [1.54, 1.807) is 6.07 Å². The number of alkyl halides is 3. The van der Waals surface area contributed by atoms with Gasteiger partial charge in [-0.15, -0.1) is 0 Å². The second kappa shape index (κ2) is 9.16. The molecule has 2 rings (SSSR count). The Morgan fingerprint density at radius 1 is 1.07 bits per heavy atom. The molecule has 0 aliphatic carbocycles. The Labute approximate surface area is 172 Å². The van der Waals surface area contributed by atoms with Crippen molar-refractivity contribution in [2.24, 2.45) is 5.92 Å². The summed E-state index contributed by atoms with van der Waals surface area (Å²) in [6, 6.07) is 7.12. The van der Waals surface area contributed by atoms with E-state index in [0.717, 1.165) is 36.2 Å². The van der Waals surface area contributed by atoms with E-state index in [0.29, 0.717) is 17.4 Å². The van der Waals surface area contributed by atoms with Crippen LogP contribution in [0.15, 0.2) is 36.5 Å². The van der Waals surface area contributed by atoms with Gasteiger partial charge >= 0.3 is 6.18 Å². The van der Waals surface area contributed by atoms with Crippen molar-refractivity contribution in [1.29, 1.82) is 0 Å². The minimum atomic E-state index is -4.37. The third kappa shape index (κ3) is 5.95. The van der Waals surface area contributed by atoms with E-state index in [-0.39, 0.29) is 11.5 Å². The second-order valence-electron chi connectivity index (χ2n) is 8.48. The number of hydrogen-bond acceptors (Lipinski definition) is 3. The first-order valence-corrected chi connectivity index (χ1v) is 10.2. The number of anilines is 2. The van der Waals surface area contributed by atoms with Gasteiger partial charge in [-0.3, -0.25) is 0 Å². The normalized spacial score (nSPS) is 14.3. The SMILES string of the molecule is CCC(C)(NCC(C)C)c1cnc(Nc2cccc(C(F)(F)F)c2)cc1C(C)C. The van der Waals surface area contributed by atoms with Gasteiger partial charge in [0.15, 0.2) is 0 Å². The molecule has 1 aromatic carbocycles. The molecule has 0 amide bonds. The van der Waals surface area contributed by atoms with Crippen LogP contribution in [0.3, 0.4) is 0 Å². The van der Waals surface area contributed by atoms with E-state index in [4.69, 9.17) is 0 Å². The van der Waals surface area contributed by atoms with Crippen LogP contribution in [0.1, 0.15) is 70.6 Å². The highest BCUT2D eigenvalue weighted by Gasteiger charge is 2.31. The molecule has 0 saturated heterocycles. The van der Waals surface area contributed by atoms with Gasteiger partial charge in [-0.1, -0.05) is 40.7 Å². The molecule has 2 N–H and O–H groups in total. The molecule has 160 valence electrons. The molecule has 1 atom stereocenters. The molecular weight excluding hydrogens is 375 g/mol. The summed E-state index contributed by atoms with van der Waals surface area (Å²) in [6.07, 6.45) is -1.62. The van der Waals surface area contributed by atoms with Crippen molar-refractivity contribution in [3.63, 3.8) is 0 Å². The topological polar surface area (TPSA) is 37.0 Å². The lowest BCUT2D eigenvalue weighted by atomic mass is 9.83. The van der Waals surface area contributed by atoms with Crippen LogP contribution in [-0.2, 0) is 11.7 Å². The highest BCUT2D eigenvalue weighted by Crippen LogP contribution is 2.34. The number of halogens is 3. The van der Waals surface area contributed by atoms with Gasteiger partial charge in [0.25, 0.3) is 0 Å². The standard InChI is InChI=1S/C23H32F3N3/c1-7-22(6,28-13-15(2)3)20-14-27-21(12-19(20)16(4)5)29-18-10-8-9-17(11-18)23(24,25)26/h8-12,14-16,28H,7,13H2,1-6H3,(H,27,29). The second-order valence-corrected chi connectivity index (χ2v) is 8.48. The maximum atomic E-state index is 13.0. The Hall–Kier alpha value is -2.08. The van der Waals surface area contributed by atoms with Gasteiger partial charge in [0.2, 0.25) is 0 Å². The summed E-state index contributed by atoms with van der Waals surface area (Å²) < 4.78 is 38.9. The maximum absolute atomic E-state index is 13.0. The zero-order valence-electron chi connectivity index (χ0n) is 18.1. The Balaban J connectivity index is 2.37. The van der Waals surface area contributed by atoms with Gasteiger partial charge in [0.1, 0.15) is 5.82 Å². The predicted molar refractivity (Wildman–Crippen MR) is 114 cm³/mol. The number of rotatable bonds is 8. The van der Waals surface area contributed by atoms with Crippen LogP contribution >= 0.6 is 0 Å². The number of hydrogen-bond donors (Lipinski definition) is 2. The fraction of sp³-hybridized carbons (Fsp3) is 0.522. The zero-order chi connectivity index (χ0) is 21.8. The number of benzene rings is 1. The predicted octanol–water partition coefficient (Wildman–Crippen LogP) is 6.84. The van der Waals surface area contributed by atoms with E-state index in [9.17, 15) is 13.2 Å². The lowest BCUT2D eigenvalue weighted by Crippen LogP contribution is -2.42. The molecular formula is C23H32F3N3. The Morgan fingerprint density at radius 3 is 2.31 bits per heavy atom. The molecule has 6 heteroatoms. The number of pyridine rings is 1. The van der Waals surface area contributed by atoms with Crippen molar-refractivity contribution in [3.8, 4) is 0 Å². The Kier molecular flexibility index (Phi) is 7.33. The fourth-order valence-electron chi connectivity index (χ4n) is 3.24. The summed E-state index contributed by atoms with van der Waals surface area (Å²) in [4.78, 5) is 4.52. The summed E-state index contributed by atoms with van der Waals surface area (Å²) in [7, 11) is 0. The van der Waals surface area contributed by atoms with E-state index in [2.05, 4.69) is 57.2 Å². The van der Waals surface area contributed by atoms with Crippen LogP contribution in [-0.4, -0.2) is 11.5 Å². The van der Waals surface area contributed by atoms with Gasteiger partial charge in [-0.25, -0.2) is 4.98 Å². The van der Waals surface area contributed by atoms with Crippen molar-refractivity contribution >= 4 is 11.5 Å². The van der Waals surface area contributed by atoms with E-state index in [1.165, 1.54) is 6.07 Å². The van der Waals surface area contributed by atoms with Crippen LogP contribution in [0.25, 0.3) is 0 Å². The molecule has 3 nitrogen and oxygen atoms in total. The van der Waals surface area contributed by atoms with Gasteiger partial charge in [0.05, 0.1) is 5.56 Å². The first-order valence-electron chi connectivity index (χ1n) is 10.2. The van der Waals surface area contributed by atoms with Crippen molar-refractivity contribution < 1.29 is 13.2 Å². The Bertz CT molecular complexity index is 815. The molecule has 1 unspecified atom stereocenters. The van der Waals surface area contributed by atoms with Gasteiger partial charge in [-0.2, -0.15) is 13.2 Å². The largest absolute Gasteiger partial charge is 0.416 e. The summed E-state index contributed by atoms with van der Waals surface area (Å²) in [5.41, 5.74) is 1.73. The molecule has 29 heavy (non-hydrogen) atoms. The molecule has 0 fully saturated rings. The average Bonchev–Trinajstić information content (AvgIpc) is 2.65. The van der Waals surface area contributed by atoms with Crippen LogP contribution in [0, 0.1) is 5.92 Å². The molecule has 0 radical (unpaired) electrons. The molecule has 0 aliphatic heterocycles. The first kappa shape index (κ1) is 23.2. The molecule has 1 heterocycles. The minimum absolute atomic E-state index is 0.217. The Morgan fingerprint density at radius 2 is 1.76 bits per heavy atom. The maximum Gasteiger partial charge on any atom is 0.416 e. The van der Waals surface area contributed by atoms with E-state index >= 15 is 0 Å². The van der Waals surface area contributed by atoms with Crippen molar-refractivity contribution in [2.45, 2.75) is 65.6 Å². The smallest absolute Gasteiger partial charge is 0.340 e. The van der Waals surface area contributed by atoms with E-state index in [1.807, 2.05) is 12.3 Å². The van der Waals surface area contributed by atoms with E-state index < -0.39 is 11.7 Å². The van der Waals surface area contributed by atoms with Crippen molar-refractivity contribution in [2.75, 3.05) is 11.9 Å². The molecule has 0 spiro atoms. The molecule has 0 saturated carbocycles. The fourth-order valence-corrected chi connectivity index (χ4v) is 3.24.